The minimum absolute atomic E-state index is 0.0432. The number of carboxylic acids is 1. The van der Waals surface area contributed by atoms with E-state index < -0.39 is 5.97 Å². The van der Waals surface area contributed by atoms with Crippen LogP contribution < -0.4 is 10.6 Å². The number of benzene rings is 1. The zero-order valence-electron chi connectivity index (χ0n) is 21.5. The monoisotopic (exact) mass is 535 g/mol. The lowest BCUT2D eigenvalue weighted by atomic mass is 9.82. The van der Waals surface area contributed by atoms with Gasteiger partial charge in [-0.05, 0) is 69.7 Å². The summed E-state index contributed by atoms with van der Waals surface area (Å²) in [4.78, 5) is 31.6. The number of carbonyl (C=O) groups excluding carboxylic acids is 1. The normalized spacial score (nSPS) is 17.7. The Labute approximate surface area is 225 Å². The predicted octanol–water partition coefficient (Wildman–Crippen LogP) is 5.08. The second-order valence-corrected chi connectivity index (χ2v) is 10.6. The molecule has 1 aliphatic carbocycles. The topological polar surface area (TPSA) is 132 Å². The molecular weight excluding hydrogens is 506 g/mol. The van der Waals surface area contributed by atoms with Crippen molar-refractivity contribution >= 4 is 40.8 Å². The van der Waals surface area contributed by atoms with Gasteiger partial charge in [0.2, 0.25) is 5.91 Å². The number of nitrogens with zero attached hydrogens (tertiary/aromatic N) is 6. The first-order valence-electron chi connectivity index (χ1n) is 12.7. The highest BCUT2D eigenvalue weighted by Gasteiger charge is 2.34. The maximum Gasteiger partial charge on any atom is 0.341 e. The van der Waals surface area contributed by atoms with Crippen LogP contribution in [0.3, 0.4) is 0 Å². The number of aromatic carboxylic acids is 1. The average Bonchev–Trinajstić information content (AvgIpc) is 3.50. The van der Waals surface area contributed by atoms with Gasteiger partial charge in [-0.2, -0.15) is 9.61 Å². The third-order valence-electron chi connectivity index (χ3n) is 7.15. The SMILES string of the molecule is CC(C)N(c1nn(-c2ccc(-c3cc4nccc(N)n4n3)c(Cl)c2)cc1C(=O)O)C(=O)[C@H]1CC[C@H](C)CC1. The van der Waals surface area contributed by atoms with Gasteiger partial charge in [0, 0.05) is 36.0 Å². The molecule has 1 amide bonds. The van der Waals surface area contributed by atoms with Crippen molar-refractivity contribution in [2.24, 2.45) is 11.8 Å². The Kier molecular flexibility index (Phi) is 6.83. The number of carboxylic acid groups (broad SMARTS) is 1. The van der Waals surface area contributed by atoms with Crippen molar-refractivity contribution in [1.29, 1.82) is 0 Å². The number of hydrogen-bond acceptors (Lipinski definition) is 6. The summed E-state index contributed by atoms with van der Waals surface area (Å²) in [6.45, 7) is 5.94. The third kappa shape index (κ3) is 4.71. The number of fused-ring (bicyclic) bond motifs is 1. The predicted molar refractivity (Wildman–Crippen MR) is 146 cm³/mol. The molecule has 0 spiro atoms. The molecule has 38 heavy (non-hydrogen) atoms. The number of anilines is 2. The number of nitrogen functional groups attached to an aromatic ring is 1. The van der Waals surface area contributed by atoms with Crippen molar-refractivity contribution < 1.29 is 14.7 Å². The maximum absolute atomic E-state index is 13.6. The van der Waals surface area contributed by atoms with E-state index in [0.717, 1.165) is 25.7 Å². The first-order valence-corrected chi connectivity index (χ1v) is 13.1. The Balaban J connectivity index is 1.50. The fraction of sp³-hybridized carbons (Fsp3) is 0.370. The van der Waals surface area contributed by atoms with Crippen molar-refractivity contribution in [3.05, 3.63) is 53.3 Å². The molecule has 1 fully saturated rings. The average molecular weight is 536 g/mol. The molecule has 1 aliphatic rings. The van der Waals surface area contributed by atoms with Crippen molar-refractivity contribution in [1.82, 2.24) is 24.4 Å². The summed E-state index contributed by atoms with van der Waals surface area (Å²) in [5.74, 6) is -0.179. The van der Waals surface area contributed by atoms with E-state index >= 15 is 0 Å². The van der Waals surface area contributed by atoms with Gasteiger partial charge in [0.25, 0.3) is 0 Å². The number of nitrogens with two attached hydrogens (primary N) is 1. The molecule has 198 valence electrons. The van der Waals surface area contributed by atoms with Gasteiger partial charge in [0.1, 0.15) is 11.4 Å². The van der Waals surface area contributed by atoms with E-state index in [1.807, 2.05) is 13.8 Å². The molecule has 0 saturated heterocycles. The Morgan fingerprint density at radius 1 is 1.13 bits per heavy atom. The molecule has 0 radical (unpaired) electrons. The van der Waals surface area contributed by atoms with Crippen LogP contribution in [0.15, 0.2) is 42.7 Å². The quantitative estimate of drug-likeness (QED) is 0.351. The second kappa shape index (κ2) is 10.1. The molecule has 1 aromatic carbocycles. The minimum Gasteiger partial charge on any atom is -0.477 e. The fourth-order valence-corrected chi connectivity index (χ4v) is 5.30. The third-order valence-corrected chi connectivity index (χ3v) is 7.47. The van der Waals surface area contributed by atoms with Crippen LogP contribution in [0.5, 0.6) is 0 Å². The summed E-state index contributed by atoms with van der Waals surface area (Å²) in [6.07, 6.45) is 6.60. The van der Waals surface area contributed by atoms with E-state index in [2.05, 4.69) is 22.1 Å². The summed E-state index contributed by atoms with van der Waals surface area (Å²) >= 11 is 6.64. The van der Waals surface area contributed by atoms with Gasteiger partial charge in [0.15, 0.2) is 11.5 Å². The first-order chi connectivity index (χ1) is 18.1. The molecule has 4 aromatic rings. The molecule has 0 atom stereocenters. The van der Waals surface area contributed by atoms with Crippen LogP contribution >= 0.6 is 11.6 Å². The summed E-state index contributed by atoms with van der Waals surface area (Å²) in [5, 5.41) is 19.5. The molecule has 3 heterocycles. The molecule has 0 aliphatic heterocycles. The molecule has 10 nitrogen and oxygen atoms in total. The van der Waals surface area contributed by atoms with E-state index in [1.54, 1.807) is 36.5 Å². The van der Waals surface area contributed by atoms with Crippen LogP contribution in [-0.4, -0.2) is 47.4 Å². The smallest absolute Gasteiger partial charge is 0.341 e. The maximum atomic E-state index is 13.6. The van der Waals surface area contributed by atoms with Gasteiger partial charge in [-0.3, -0.25) is 9.69 Å². The molecular formula is C27H30ClN7O3. The van der Waals surface area contributed by atoms with E-state index in [0.29, 0.717) is 39.4 Å². The van der Waals surface area contributed by atoms with Gasteiger partial charge >= 0.3 is 5.97 Å². The fourth-order valence-electron chi connectivity index (χ4n) is 5.03. The van der Waals surface area contributed by atoms with E-state index in [-0.39, 0.29) is 29.2 Å². The van der Waals surface area contributed by atoms with Crippen LogP contribution in [0.1, 0.15) is 56.8 Å². The number of aromatic nitrogens is 5. The zero-order chi connectivity index (χ0) is 27.1. The van der Waals surface area contributed by atoms with Crippen molar-refractivity contribution in [3.8, 4) is 16.9 Å². The van der Waals surface area contributed by atoms with E-state index in [9.17, 15) is 14.7 Å². The Hall–Kier alpha value is -3.92. The van der Waals surface area contributed by atoms with Gasteiger partial charge in [-0.25, -0.2) is 14.5 Å². The van der Waals surface area contributed by atoms with Crippen molar-refractivity contribution in [2.45, 2.75) is 52.5 Å². The Morgan fingerprint density at radius 3 is 2.50 bits per heavy atom. The molecule has 3 N–H and O–H groups in total. The van der Waals surface area contributed by atoms with E-state index in [1.165, 1.54) is 20.3 Å². The highest BCUT2D eigenvalue weighted by atomic mass is 35.5. The second-order valence-electron chi connectivity index (χ2n) is 10.2. The standard InChI is InChI=1S/C27H30ClN7O3/c1-15(2)34(26(36)17-6-4-16(3)5-7-17)25-20(27(37)38)14-33(32-25)18-8-9-19(21(28)12-18)22-13-24-30-11-10-23(29)35(24)31-22/h8-17H,4-7,29H2,1-3H3,(H,37,38)/t16-,17-. The summed E-state index contributed by atoms with van der Waals surface area (Å²) < 4.78 is 2.98. The van der Waals surface area contributed by atoms with Gasteiger partial charge in [-0.1, -0.05) is 18.5 Å². The number of rotatable bonds is 6. The number of halogens is 1. The molecule has 0 bridgehead atoms. The van der Waals surface area contributed by atoms with Crippen LogP contribution in [-0.2, 0) is 4.79 Å². The molecule has 1 saturated carbocycles. The van der Waals surface area contributed by atoms with Gasteiger partial charge in [-0.15, -0.1) is 5.10 Å². The van der Waals surface area contributed by atoms with Crippen molar-refractivity contribution in [3.63, 3.8) is 0 Å². The van der Waals surface area contributed by atoms with E-state index in [4.69, 9.17) is 17.3 Å². The van der Waals surface area contributed by atoms with Crippen LogP contribution in [0.4, 0.5) is 11.6 Å². The lowest BCUT2D eigenvalue weighted by molar-refractivity contribution is -0.124. The Morgan fingerprint density at radius 2 is 1.87 bits per heavy atom. The lowest BCUT2D eigenvalue weighted by Gasteiger charge is -2.32. The van der Waals surface area contributed by atoms with Crippen molar-refractivity contribution in [2.75, 3.05) is 10.6 Å². The summed E-state index contributed by atoms with van der Waals surface area (Å²) in [5.41, 5.74) is 8.35. The lowest BCUT2D eigenvalue weighted by Crippen LogP contribution is -2.43. The summed E-state index contributed by atoms with van der Waals surface area (Å²) in [7, 11) is 0. The zero-order valence-corrected chi connectivity index (χ0v) is 22.3. The molecule has 0 unspecified atom stereocenters. The summed E-state index contributed by atoms with van der Waals surface area (Å²) in [6, 6.07) is 8.42. The number of amides is 1. The number of carbonyl (C=O) groups is 2. The number of hydrogen-bond donors (Lipinski definition) is 2. The molecule has 11 heteroatoms. The highest BCUT2D eigenvalue weighted by Crippen LogP contribution is 2.34. The largest absolute Gasteiger partial charge is 0.477 e. The first kappa shape index (κ1) is 25.7. The molecule has 3 aromatic heterocycles. The Bertz CT molecular complexity index is 1520. The highest BCUT2D eigenvalue weighted by molar-refractivity contribution is 6.33. The minimum atomic E-state index is -1.15. The van der Waals surface area contributed by atoms with Crippen LogP contribution in [0, 0.1) is 11.8 Å². The van der Waals surface area contributed by atoms with Crippen LogP contribution in [0.2, 0.25) is 5.02 Å². The molecule has 5 rings (SSSR count). The van der Waals surface area contributed by atoms with Gasteiger partial charge in [0.05, 0.1) is 16.4 Å². The van der Waals surface area contributed by atoms with Crippen LogP contribution in [0.25, 0.3) is 22.6 Å². The van der Waals surface area contributed by atoms with Gasteiger partial charge < -0.3 is 10.8 Å².